The third kappa shape index (κ3) is 5.23. The molecule has 1 aromatic carbocycles. The second kappa shape index (κ2) is 10.2. The molecule has 12 heteroatoms. The molecule has 7 nitrogen and oxygen atoms in total. The predicted octanol–water partition coefficient (Wildman–Crippen LogP) is 3.39. The highest BCUT2D eigenvalue weighted by atomic mass is 35.5. The summed E-state index contributed by atoms with van der Waals surface area (Å²) in [5, 5.41) is 18.7. The number of alkyl halides is 2. The van der Waals surface area contributed by atoms with Crippen LogP contribution in [-0.2, 0) is 9.53 Å². The van der Waals surface area contributed by atoms with Crippen LogP contribution in [0.15, 0.2) is 41.0 Å². The fraction of sp³-hybridized carbons (Fsp3) is 0.455. The molecule has 2 aliphatic rings. The molecule has 0 amide bonds. The summed E-state index contributed by atoms with van der Waals surface area (Å²) in [6.07, 6.45) is -0.747. The van der Waals surface area contributed by atoms with Crippen molar-refractivity contribution in [1.82, 2.24) is 20.5 Å². The Morgan fingerprint density at radius 1 is 1.44 bits per heavy atom. The monoisotopic (exact) mass is 516 g/mol. The van der Waals surface area contributed by atoms with Crippen LogP contribution >= 0.6 is 22.9 Å². The van der Waals surface area contributed by atoms with Gasteiger partial charge in [0.15, 0.2) is 0 Å². The minimum absolute atomic E-state index is 0.0185. The summed E-state index contributed by atoms with van der Waals surface area (Å²) in [6, 6.07) is 3.04. The van der Waals surface area contributed by atoms with Crippen molar-refractivity contribution in [3.63, 3.8) is 0 Å². The third-order valence-electron chi connectivity index (χ3n) is 5.76. The topological polar surface area (TPSA) is 86.7 Å². The molecule has 0 aliphatic carbocycles. The largest absolute Gasteiger partial charge is 0.463 e. The summed E-state index contributed by atoms with van der Waals surface area (Å²) < 4.78 is 47.5. The van der Waals surface area contributed by atoms with E-state index in [1.165, 1.54) is 28.4 Å². The molecule has 0 radical (unpaired) electrons. The van der Waals surface area contributed by atoms with Crippen molar-refractivity contribution < 1.29 is 27.8 Å². The Balaban J connectivity index is 1.78. The lowest BCUT2D eigenvalue weighted by atomic mass is 9.93. The molecular formula is C22H24ClF3N4O3S. The molecule has 34 heavy (non-hydrogen) atoms. The molecule has 0 bridgehead atoms. The molecule has 0 spiro atoms. The molecule has 1 aromatic heterocycles. The lowest BCUT2D eigenvalue weighted by Crippen LogP contribution is -2.54. The van der Waals surface area contributed by atoms with Crippen molar-refractivity contribution in [1.29, 1.82) is 0 Å². The van der Waals surface area contributed by atoms with Crippen LogP contribution in [0.1, 0.15) is 36.1 Å². The van der Waals surface area contributed by atoms with Gasteiger partial charge in [-0.2, -0.15) is 0 Å². The van der Waals surface area contributed by atoms with Crippen LogP contribution in [0.25, 0.3) is 0 Å². The number of aliphatic hydroxyl groups is 1. The molecule has 1 unspecified atom stereocenters. The van der Waals surface area contributed by atoms with Gasteiger partial charge in [0.2, 0.25) is 0 Å². The number of carbonyl (C=O) groups excluding carboxylic acids is 1. The van der Waals surface area contributed by atoms with Crippen LogP contribution in [0.3, 0.4) is 0 Å². The van der Waals surface area contributed by atoms with Gasteiger partial charge in [-0.05, 0) is 31.0 Å². The van der Waals surface area contributed by atoms with Gasteiger partial charge < -0.3 is 15.2 Å². The van der Waals surface area contributed by atoms with Gasteiger partial charge in [-0.25, -0.2) is 22.9 Å². The van der Waals surface area contributed by atoms with Gasteiger partial charge in [0.05, 0.1) is 24.8 Å². The van der Waals surface area contributed by atoms with E-state index >= 15 is 0 Å². The van der Waals surface area contributed by atoms with Crippen molar-refractivity contribution in [2.24, 2.45) is 0 Å². The van der Waals surface area contributed by atoms with Crippen LogP contribution in [0, 0.1) is 5.82 Å². The fourth-order valence-electron chi connectivity index (χ4n) is 4.15. The zero-order valence-electron chi connectivity index (χ0n) is 18.2. The Kier molecular flexibility index (Phi) is 7.48. The number of carbonyl (C=O) groups is 1. The van der Waals surface area contributed by atoms with Crippen molar-refractivity contribution in [2.45, 2.75) is 37.6 Å². The van der Waals surface area contributed by atoms with E-state index < -0.39 is 42.6 Å². The minimum atomic E-state index is -3.27. The number of esters is 1. The quantitative estimate of drug-likeness (QED) is 0.507. The van der Waals surface area contributed by atoms with Crippen LogP contribution in [0.4, 0.5) is 13.2 Å². The van der Waals surface area contributed by atoms with E-state index in [1.54, 1.807) is 18.5 Å². The molecule has 2 aliphatic heterocycles. The van der Waals surface area contributed by atoms with Crippen molar-refractivity contribution in [2.75, 3.05) is 26.2 Å². The highest BCUT2D eigenvalue weighted by molar-refractivity contribution is 7.09. The molecule has 4 rings (SSSR count). The van der Waals surface area contributed by atoms with E-state index in [9.17, 15) is 23.1 Å². The maximum Gasteiger partial charge on any atom is 0.337 e. The third-order valence-corrected chi connectivity index (χ3v) is 6.92. The Labute approximate surface area is 203 Å². The number of aliphatic hydroxyl groups excluding tert-OH is 1. The van der Waals surface area contributed by atoms with E-state index in [4.69, 9.17) is 16.3 Å². The van der Waals surface area contributed by atoms with Gasteiger partial charge in [0.1, 0.15) is 23.1 Å². The number of halogens is 4. The first-order chi connectivity index (χ1) is 16.2. The normalized spacial score (nSPS) is 25.2. The van der Waals surface area contributed by atoms with Crippen LogP contribution < -0.4 is 10.6 Å². The van der Waals surface area contributed by atoms with E-state index in [1.807, 2.05) is 0 Å². The summed E-state index contributed by atoms with van der Waals surface area (Å²) in [4.78, 5) is 18.9. The number of hydrogen-bond acceptors (Lipinski definition) is 8. The molecule has 1 fully saturated rings. The number of nitrogens with zero attached hydrogens (tertiary/aromatic N) is 2. The number of rotatable bonds is 6. The molecule has 3 atom stereocenters. The van der Waals surface area contributed by atoms with E-state index in [0.717, 1.165) is 6.07 Å². The average molecular weight is 517 g/mol. The van der Waals surface area contributed by atoms with Crippen LogP contribution in [0.5, 0.6) is 0 Å². The molecular weight excluding hydrogens is 493 g/mol. The van der Waals surface area contributed by atoms with Gasteiger partial charge in [-0.3, -0.25) is 10.2 Å². The summed E-state index contributed by atoms with van der Waals surface area (Å²) in [5.74, 6) is -4.45. The maximum atomic E-state index is 14.2. The van der Waals surface area contributed by atoms with E-state index in [2.05, 4.69) is 15.6 Å². The smallest absolute Gasteiger partial charge is 0.337 e. The zero-order valence-corrected chi connectivity index (χ0v) is 19.8. The van der Waals surface area contributed by atoms with Gasteiger partial charge in [0.25, 0.3) is 5.92 Å². The molecule has 1 saturated heterocycles. The summed E-state index contributed by atoms with van der Waals surface area (Å²) in [6.45, 7) is 1.30. The first kappa shape index (κ1) is 24.9. The highest BCUT2D eigenvalue weighted by Gasteiger charge is 2.45. The average Bonchev–Trinajstić information content (AvgIpc) is 3.31. The van der Waals surface area contributed by atoms with Crippen molar-refractivity contribution in [3.05, 3.63) is 62.5 Å². The number of hydrogen-bond donors (Lipinski definition) is 3. The Morgan fingerprint density at radius 3 is 2.88 bits per heavy atom. The molecule has 3 N–H and O–H groups in total. The van der Waals surface area contributed by atoms with Gasteiger partial charge in [-0.1, -0.05) is 17.7 Å². The van der Waals surface area contributed by atoms with Gasteiger partial charge in [-0.15, -0.1) is 11.3 Å². The fourth-order valence-corrected chi connectivity index (χ4v) is 5.07. The summed E-state index contributed by atoms with van der Waals surface area (Å²) in [5.41, 5.74) is 0.971. The van der Waals surface area contributed by atoms with Crippen molar-refractivity contribution >= 4 is 28.9 Å². The standard InChI is InChI=1S/C22H24ClF3N4O3S/c1-2-33-21(32)17-15(10-30-7-5-16(31)22(25,26)11-30)28-19(20-27-6-8-34-20)29-18(17)13-4-3-12(24)9-14(13)23/h3-4,6,8-9,16,18-19,28-29,31H,2,5,7,10-11H2,1H3/t16-,18+,19?/m0/s1. The predicted molar refractivity (Wildman–Crippen MR) is 121 cm³/mol. The van der Waals surface area contributed by atoms with Crippen molar-refractivity contribution in [3.8, 4) is 0 Å². The van der Waals surface area contributed by atoms with Crippen LogP contribution in [-0.4, -0.2) is 59.2 Å². The number of ether oxygens (including phenoxy) is 1. The van der Waals surface area contributed by atoms with Crippen LogP contribution in [0.2, 0.25) is 5.02 Å². The number of likely N-dealkylation sites (tertiary alicyclic amines) is 1. The Bertz CT molecular complexity index is 1070. The molecule has 0 saturated carbocycles. The second-order valence-corrected chi connectivity index (χ2v) is 9.44. The number of nitrogens with one attached hydrogen (secondary N) is 2. The minimum Gasteiger partial charge on any atom is -0.463 e. The molecule has 3 heterocycles. The Morgan fingerprint density at radius 2 is 2.24 bits per heavy atom. The zero-order chi connectivity index (χ0) is 24.5. The molecule has 184 valence electrons. The lowest BCUT2D eigenvalue weighted by Gasteiger charge is -2.40. The Hall–Kier alpha value is -2.18. The highest BCUT2D eigenvalue weighted by Crippen LogP contribution is 2.37. The van der Waals surface area contributed by atoms with E-state index in [-0.39, 0.29) is 36.7 Å². The maximum absolute atomic E-state index is 14.2. The first-order valence-corrected chi connectivity index (χ1v) is 12.0. The summed E-state index contributed by atoms with van der Waals surface area (Å²) >= 11 is 7.72. The lowest BCUT2D eigenvalue weighted by molar-refractivity contribution is -0.148. The number of benzene rings is 1. The SMILES string of the molecule is CCOC(=O)C1=C(CN2CC[C@H](O)C(F)(F)C2)NC(c2nccs2)N[C@@H]1c1ccc(F)cc1Cl. The second-order valence-electron chi connectivity index (χ2n) is 8.10. The van der Waals surface area contributed by atoms with E-state index in [0.29, 0.717) is 16.3 Å². The number of aromatic nitrogens is 1. The molecule has 2 aromatic rings. The van der Waals surface area contributed by atoms with Gasteiger partial charge in [0, 0.05) is 35.4 Å². The number of thiazole rings is 1. The number of piperidine rings is 1. The van der Waals surface area contributed by atoms with Gasteiger partial charge >= 0.3 is 5.97 Å². The summed E-state index contributed by atoms with van der Waals surface area (Å²) in [7, 11) is 0. The first-order valence-electron chi connectivity index (χ1n) is 10.7.